The molecule has 22 heavy (non-hydrogen) atoms. The van der Waals surface area contributed by atoms with E-state index in [-0.39, 0.29) is 4.91 Å². The lowest BCUT2D eigenvalue weighted by Gasteiger charge is -2.14. The lowest BCUT2D eigenvalue weighted by molar-refractivity contribution is -0.136. The van der Waals surface area contributed by atoms with Gasteiger partial charge in [0.1, 0.15) is 4.91 Å². The molecular weight excluding hydrogens is 304 g/mol. The Hall–Kier alpha value is -1.50. The fourth-order valence-electron chi connectivity index (χ4n) is 1.69. The molecule has 1 rings (SSSR count). The van der Waals surface area contributed by atoms with Crippen LogP contribution in [0.2, 0.25) is 0 Å². The molecule has 122 valence electrons. The maximum absolute atomic E-state index is 12.6. The van der Waals surface area contributed by atoms with Crippen molar-refractivity contribution < 1.29 is 23.2 Å². The summed E-state index contributed by atoms with van der Waals surface area (Å²) in [5, 5.41) is 0. The number of carbonyl (C=O) groups is 1. The predicted octanol–water partition coefficient (Wildman–Crippen LogP) is 2.56. The molecular formula is C16H22O5S. The molecule has 0 bridgehead atoms. The number of benzene rings is 1. The zero-order valence-electron chi connectivity index (χ0n) is 13.3. The minimum Gasteiger partial charge on any atom is -0.465 e. The van der Waals surface area contributed by atoms with Crippen molar-refractivity contribution >= 4 is 16.8 Å². The van der Waals surface area contributed by atoms with E-state index in [1.54, 1.807) is 12.1 Å². The summed E-state index contributed by atoms with van der Waals surface area (Å²) in [5.74, 6) is -0.664. The molecule has 0 aliphatic heterocycles. The molecule has 0 radical (unpaired) electrons. The van der Waals surface area contributed by atoms with Gasteiger partial charge in [-0.05, 0) is 39.0 Å². The molecule has 0 fully saturated rings. The van der Waals surface area contributed by atoms with Crippen molar-refractivity contribution in [2.75, 3.05) is 20.3 Å². The molecule has 5 nitrogen and oxygen atoms in total. The van der Waals surface area contributed by atoms with Crippen LogP contribution in [-0.2, 0) is 29.8 Å². The topological polar surface area (TPSA) is 61.8 Å². The quantitative estimate of drug-likeness (QED) is 0.417. The standard InChI is InChI=1S/C16H22O5S/c1-5-20-15(21-6-2)11-14(16(17)19-4)22(18)13-9-7-12(3)8-10-13/h7-11,15H,5-6H2,1-4H3/b14-11+. The van der Waals surface area contributed by atoms with Crippen molar-refractivity contribution in [2.24, 2.45) is 0 Å². The van der Waals surface area contributed by atoms with Gasteiger partial charge in [0.15, 0.2) is 6.29 Å². The van der Waals surface area contributed by atoms with Gasteiger partial charge in [0.25, 0.3) is 0 Å². The van der Waals surface area contributed by atoms with Crippen LogP contribution in [0.1, 0.15) is 19.4 Å². The van der Waals surface area contributed by atoms with E-state index in [9.17, 15) is 9.00 Å². The lowest BCUT2D eigenvalue weighted by atomic mass is 10.2. The van der Waals surface area contributed by atoms with Crippen LogP contribution in [0.3, 0.4) is 0 Å². The molecule has 1 aromatic rings. The van der Waals surface area contributed by atoms with Gasteiger partial charge in [-0.3, -0.25) is 0 Å². The maximum Gasteiger partial charge on any atom is 0.347 e. The van der Waals surface area contributed by atoms with Crippen LogP contribution in [0.25, 0.3) is 0 Å². The van der Waals surface area contributed by atoms with Crippen LogP contribution in [0.5, 0.6) is 0 Å². The molecule has 0 aliphatic rings. The van der Waals surface area contributed by atoms with E-state index in [4.69, 9.17) is 14.2 Å². The highest BCUT2D eigenvalue weighted by atomic mass is 32.2. The number of esters is 1. The molecule has 0 N–H and O–H groups in total. The fraction of sp³-hybridized carbons (Fsp3) is 0.438. The minimum absolute atomic E-state index is 0.0123. The highest BCUT2D eigenvalue weighted by molar-refractivity contribution is 7.90. The van der Waals surface area contributed by atoms with Crippen molar-refractivity contribution in [3.63, 3.8) is 0 Å². The maximum atomic E-state index is 12.6. The van der Waals surface area contributed by atoms with E-state index >= 15 is 0 Å². The molecule has 0 saturated carbocycles. The van der Waals surface area contributed by atoms with Crippen LogP contribution in [0.15, 0.2) is 40.1 Å². The van der Waals surface area contributed by atoms with Gasteiger partial charge in [-0.1, -0.05) is 17.7 Å². The molecule has 1 aromatic carbocycles. The van der Waals surface area contributed by atoms with Crippen LogP contribution >= 0.6 is 0 Å². The number of aryl methyl sites for hydroxylation is 1. The highest BCUT2D eigenvalue weighted by Crippen LogP contribution is 2.18. The molecule has 1 unspecified atom stereocenters. The van der Waals surface area contributed by atoms with Gasteiger partial charge < -0.3 is 14.2 Å². The number of rotatable bonds is 8. The third-order valence-corrected chi connectivity index (χ3v) is 4.17. The Bertz CT molecular complexity index is 530. The second-order valence-electron chi connectivity index (χ2n) is 4.38. The Kier molecular flexibility index (Phi) is 8.01. The molecule has 0 aliphatic carbocycles. The van der Waals surface area contributed by atoms with Gasteiger partial charge in [0.05, 0.1) is 17.9 Å². The largest absolute Gasteiger partial charge is 0.465 e. The Morgan fingerprint density at radius 1 is 1.18 bits per heavy atom. The Morgan fingerprint density at radius 2 is 1.73 bits per heavy atom. The molecule has 1 atom stereocenters. The first-order valence-electron chi connectivity index (χ1n) is 7.05. The van der Waals surface area contributed by atoms with E-state index < -0.39 is 23.1 Å². The summed E-state index contributed by atoms with van der Waals surface area (Å²) < 4.78 is 28.1. The smallest absolute Gasteiger partial charge is 0.347 e. The number of ether oxygens (including phenoxy) is 3. The van der Waals surface area contributed by atoms with Crippen LogP contribution in [0, 0.1) is 6.92 Å². The van der Waals surface area contributed by atoms with Crippen molar-refractivity contribution in [3.05, 3.63) is 40.8 Å². The van der Waals surface area contributed by atoms with Crippen molar-refractivity contribution in [1.29, 1.82) is 0 Å². The van der Waals surface area contributed by atoms with E-state index in [0.717, 1.165) is 5.56 Å². The summed E-state index contributed by atoms with van der Waals surface area (Å²) in [5.41, 5.74) is 1.05. The summed E-state index contributed by atoms with van der Waals surface area (Å²) >= 11 is 0. The third-order valence-electron chi connectivity index (χ3n) is 2.77. The van der Waals surface area contributed by atoms with E-state index in [2.05, 4.69) is 0 Å². The summed E-state index contributed by atoms with van der Waals surface area (Å²) in [6, 6.07) is 7.12. The first-order valence-corrected chi connectivity index (χ1v) is 8.20. The molecule has 0 aromatic heterocycles. The fourth-order valence-corrected chi connectivity index (χ4v) is 2.80. The zero-order valence-corrected chi connectivity index (χ0v) is 14.1. The SMILES string of the molecule is CCOC(/C=C(\C(=O)OC)S(=O)c1ccc(C)cc1)OCC. The number of hydrogen-bond donors (Lipinski definition) is 0. The molecule has 6 heteroatoms. The summed E-state index contributed by atoms with van der Waals surface area (Å²) in [6.45, 7) is 6.38. The van der Waals surface area contributed by atoms with Gasteiger partial charge >= 0.3 is 5.97 Å². The van der Waals surface area contributed by atoms with Gasteiger partial charge in [0.2, 0.25) is 0 Å². The van der Waals surface area contributed by atoms with E-state index in [0.29, 0.717) is 18.1 Å². The highest BCUT2D eigenvalue weighted by Gasteiger charge is 2.21. The first-order chi connectivity index (χ1) is 10.5. The molecule has 0 spiro atoms. The lowest BCUT2D eigenvalue weighted by Crippen LogP contribution is -2.19. The number of carbonyl (C=O) groups excluding carboxylic acids is 1. The third kappa shape index (κ3) is 5.36. The Balaban J connectivity index is 3.13. The number of methoxy groups -OCH3 is 1. The van der Waals surface area contributed by atoms with Gasteiger partial charge in [0, 0.05) is 18.1 Å². The summed E-state index contributed by atoms with van der Waals surface area (Å²) in [6.07, 6.45) is 0.674. The average Bonchev–Trinajstić information content (AvgIpc) is 2.52. The summed E-state index contributed by atoms with van der Waals surface area (Å²) in [7, 11) is -0.412. The van der Waals surface area contributed by atoms with Crippen molar-refractivity contribution in [1.82, 2.24) is 0 Å². The second-order valence-corrected chi connectivity index (χ2v) is 5.83. The van der Waals surface area contributed by atoms with E-state index in [1.165, 1.54) is 13.2 Å². The zero-order chi connectivity index (χ0) is 16.5. The van der Waals surface area contributed by atoms with Crippen LogP contribution in [0.4, 0.5) is 0 Å². The second kappa shape index (κ2) is 9.50. The number of hydrogen-bond acceptors (Lipinski definition) is 5. The minimum atomic E-state index is -1.66. The molecule has 0 amide bonds. The summed E-state index contributed by atoms with van der Waals surface area (Å²) in [4.78, 5) is 12.5. The van der Waals surface area contributed by atoms with Gasteiger partial charge in [-0.25, -0.2) is 9.00 Å². The predicted molar refractivity (Wildman–Crippen MR) is 84.7 cm³/mol. The Labute approximate surface area is 133 Å². The van der Waals surface area contributed by atoms with Crippen LogP contribution in [-0.4, -0.2) is 36.8 Å². The molecule has 0 saturated heterocycles. The van der Waals surface area contributed by atoms with Gasteiger partial charge in [-0.15, -0.1) is 0 Å². The normalized spacial score (nSPS) is 13.2. The average molecular weight is 326 g/mol. The van der Waals surface area contributed by atoms with Crippen LogP contribution < -0.4 is 0 Å². The Morgan fingerprint density at radius 3 is 2.18 bits per heavy atom. The first kappa shape index (κ1) is 18.5. The van der Waals surface area contributed by atoms with E-state index in [1.807, 2.05) is 32.9 Å². The van der Waals surface area contributed by atoms with Gasteiger partial charge in [-0.2, -0.15) is 0 Å². The van der Waals surface area contributed by atoms with Crippen molar-refractivity contribution in [2.45, 2.75) is 32.0 Å². The monoisotopic (exact) mass is 326 g/mol. The molecule has 0 heterocycles. The van der Waals surface area contributed by atoms with Crippen molar-refractivity contribution in [3.8, 4) is 0 Å².